The highest BCUT2D eigenvalue weighted by atomic mass is 31.1. The zero-order valence-corrected chi connectivity index (χ0v) is 9.31. The Morgan fingerprint density at radius 3 is 2.50 bits per heavy atom. The molecule has 0 radical (unpaired) electrons. The van der Waals surface area contributed by atoms with E-state index in [0.29, 0.717) is 6.42 Å². The second-order valence-electron chi connectivity index (χ2n) is 2.98. The summed E-state index contributed by atoms with van der Waals surface area (Å²) in [6.07, 6.45) is -0.256. The molecule has 0 heterocycles. The van der Waals surface area contributed by atoms with Gasteiger partial charge in [0.05, 0.1) is 6.16 Å². The zero-order chi connectivity index (χ0) is 11.2. The third-order valence-electron chi connectivity index (χ3n) is 1.78. The van der Waals surface area contributed by atoms with E-state index in [0.717, 1.165) is 7.11 Å². The first-order chi connectivity index (χ1) is 6.44. The number of carbonyl (C=O) groups is 1. The van der Waals surface area contributed by atoms with Crippen LogP contribution in [0.1, 0.15) is 26.2 Å². The van der Waals surface area contributed by atoms with Gasteiger partial charge in [-0.1, -0.05) is 13.3 Å². The van der Waals surface area contributed by atoms with E-state index >= 15 is 0 Å². The summed E-state index contributed by atoms with van der Waals surface area (Å²) in [5, 5.41) is 0. The van der Waals surface area contributed by atoms with Crippen LogP contribution >= 0.6 is 8.03 Å². The van der Waals surface area contributed by atoms with Crippen molar-refractivity contribution in [2.45, 2.75) is 32.1 Å². The molecule has 0 aromatic carbocycles. The summed E-state index contributed by atoms with van der Waals surface area (Å²) in [6.45, 7) is 1.76. The maximum absolute atomic E-state index is 13.0. The van der Waals surface area contributed by atoms with Gasteiger partial charge in [-0.2, -0.15) is 8.78 Å². The van der Waals surface area contributed by atoms with Crippen LogP contribution in [0.15, 0.2) is 0 Å². The van der Waals surface area contributed by atoms with Crippen LogP contribution in [-0.2, 0) is 13.9 Å². The Kier molecular flexibility index (Phi) is 6.12. The number of unbranched alkanes of at least 4 members (excludes halogenated alkanes) is 1. The van der Waals surface area contributed by atoms with Gasteiger partial charge >= 0.3 is 5.92 Å². The van der Waals surface area contributed by atoms with E-state index in [9.17, 15) is 18.1 Å². The Labute approximate surface area is 82.7 Å². The third-order valence-corrected chi connectivity index (χ3v) is 2.85. The molecule has 84 valence electrons. The number of alkyl halides is 2. The molecular weight excluding hydrogens is 213 g/mol. The molecule has 0 aromatic heterocycles. The normalized spacial score (nSPS) is 14.0. The molecule has 0 aromatic rings. The lowest BCUT2D eigenvalue weighted by Gasteiger charge is -2.13. The van der Waals surface area contributed by atoms with E-state index in [2.05, 4.69) is 4.52 Å². The first kappa shape index (κ1) is 13.7. The standard InChI is InChI=1S/C8H15F2O3P/c1-3-4-5-8(9,10)7(11)6-14(12)13-2/h14H,3-6H2,1-2H3. The second-order valence-corrected chi connectivity index (χ2v) is 4.49. The number of Topliss-reactive ketones (excluding diaryl/α,β-unsaturated/α-hetero) is 1. The van der Waals surface area contributed by atoms with Crippen molar-refractivity contribution in [3.05, 3.63) is 0 Å². The maximum atomic E-state index is 13.0. The monoisotopic (exact) mass is 228 g/mol. The Morgan fingerprint density at radius 2 is 2.07 bits per heavy atom. The fourth-order valence-electron chi connectivity index (χ4n) is 0.871. The molecule has 0 fully saturated rings. The van der Waals surface area contributed by atoms with Crippen molar-refractivity contribution in [3.8, 4) is 0 Å². The van der Waals surface area contributed by atoms with Crippen LogP contribution in [-0.4, -0.2) is 25.0 Å². The van der Waals surface area contributed by atoms with Crippen LogP contribution in [0.4, 0.5) is 8.78 Å². The topological polar surface area (TPSA) is 43.4 Å². The zero-order valence-electron chi connectivity index (χ0n) is 8.31. The number of carbonyl (C=O) groups excluding carboxylic acids is 1. The van der Waals surface area contributed by atoms with E-state index < -0.39 is 32.3 Å². The SMILES string of the molecule is CCCCC(F)(F)C(=O)C[PH](=O)OC. The summed E-state index contributed by atoms with van der Waals surface area (Å²) in [5.74, 6) is -4.63. The number of hydrogen-bond donors (Lipinski definition) is 0. The number of hydrogen-bond acceptors (Lipinski definition) is 3. The molecule has 0 N–H and O–H groups in total. The first-order valence-corrected chi connectivity index (χ1v) is 5.94. The van der Waals surface area contributed by atoms with Gasteiger partial charge in [-0.05, 0) is 6.42 Å². The Bertz CT molecular complexity index is 219. The lowest BCUT2D eigenvalue weighted by molar-refractivity contribution is -0.141. The molecule has 0 saturated heterocycles. The Morgan fingerprint density at radius 1 is 1.50 bits per heavy atom. The summed E-state index contributed by atoms with van der Waals surface area (Å²) < 4.78 is 41.0. The van der Waals surface area contributed by atoms with Gasteiger partial charge in [0, 0.05) is 13.5 Å². The lowest BCUT2D eigenvalue weighted by atomic mass is 10.1. The number of rotatable bonds is 7. The molecule has 0 aliphatic heterocycles. The van der Waals surface area contributed by atoms with Crippen LogP contribution in [0.5, 0.6) is 0 Å². The Balaban J connectivity index is 4.13. The quantitative estimate of drug-likeness (QED) is 0.629. The lowest BCUT2D eigenvalue weighted by Crippen LogP contribution is -2.30. The van der Waals surface area contributed by atoms with Gasteiger partial charge in [-0.3, -0.25) is 9.36 Å². The van der Waals surface area contributed by atoms with E-state index in [-0.39, 0.29) is 6.42 Å². The summed E-state index contributed by atoms with van der Waals surface area (Å²) >= 11 is 0. The fourth-order valence-corrected chi connectivity index (χ4v) is 1.54. The van der Waals surface area contributed by atoms with E-state index in [1.165, 1.54) is 0 Å². The molecule has 0 aliphatic rings. The van der Waals surface area contributed by atoms with Crippen molar-refractivity contribution in [3.63, 3.8) is 0 Å². The molecule has 3 nitrogen and oxygen atoms in total. The first-order valence-electron chi connectivity index (χ1n) is 4.42. The predicted octanol–water partition coefficient (Wildman–Crippen LogP) is 2.50. The molecule has 0 bridgehead atoms. The smallest absolute Gasteiger partial charge is 0.305 e. The molecule has 0 amide bonds. The van der Waals surface area contributed by atoms with Crippen LogP contribution in [0, 0.1) is 0 Å². The summed E-state index contributed by atoms with van der Waals surface area (Å²) in [6, 6.07) is 0. The van der Waals surface area contributed by atoms with Crippen molar-refractivity contribution in [1.29, 1.82) is 0 Å². The number of halogens is 2. The van der Waals surface area contributed by atoms with Gasteiger partial charge in [0.2, 0.25) is 5.78 Å². The molecule has 1 atom stereocenters. The van der Waals surface area contributed by atoms with Crippen LogP contribution in [0.3, 0.4) is 0 Å². The summed E-state index contributed by atoms with van der Waals surface area (Å²) in [4.78, 5) is 10.9. The van der Waals surface area contributed by atoms with Crippen molar-refractivity contribution in [2.75, 3.05) is 13.3 Å². The Hall–Kier alpha value is -0.280. The largest absolute Gasteiger partial charge is 0.334 e. The van der Waals surface area contributed by atoms with Gasteiger partial charge < -0.3 is 4.52 Å². The molecule has 0 spiro atoms. The third kappa shape index (κ3) is 4.82. The molecule has 0 saturated carbocycles. The second kappa shape index (κ2) is 6.25. The van der Waals surface area contributed by atoms with E-state index in [1.807, 2.05) is 0 Å². The minimum absolute atomic E-state index is 0.284. The highest BCUT2D eigenvalue weighted by molar-refractivity contribution is 7.40. The molecule has 6 heteroatoms. The van der Waals surface area contributed by atoms with Gasteiger partial charge in [-0.15, -0.1) is 0 Å². The van der Waals surface area contributed by atoms with Gasteiger partial charge in [0.15, 0.2) is 8.03 Å². The van der Waals surface area contributed by atoms with E-state index in [1.54, 1.807) is 6.92 Å². The minimum atomic E-state index is -3.35. The molecule has 0 rings (SSSR count). The van der Waals surface area contributed by atoms with Crippen LogP contribution in [0.25, 0.3) is 0 Å². The van der Waals surface area contributed by atoms with Crippen molar-refractivity contribution < 1.29 is 22.7 Å². The van der Waals surface area contributed by atoms with Gasteiger partial charge in [0.25, 0.3) is 0 Å². The summed E-state index contributed by atoms with van der Waals surface area (Å²) in [7, 11) is -1.48. The average Bonchev–Trinajstić information content (AvgIpc) is 2.14. The van der Waals surface area contributed by atoms with Gasteiger partial charge in [0.1, 0.15) is 0 Å². The van der Waals surface area contributed by atoms with Crippen LogP contribution in [0.2, 0.25) is 0 Å². The molecule has 14 heavy (non-hydrogen) atoms. The minimum Gasteiger partial charge on any atom is -0.334 e. The number of ketones is 1. The van der Waals surface area contributed by atoms with E-state index in [4.69, 9.17) is 0 Å². The van der Waals surface area contributed by atoms with Crippen molar-refractivity contribution in [2.24, 2.45) is 0 Å². The molecule has 1 unspecified atom stereocenters. The summed E-state index contributed by atoms with van der Waals surface area (Å²) in [5.41, 5.74) is 0. The fraction of sp³-hybridized carbons (Fsp3) is 0.875. The molecular formula is C8H15F2O3P. The van der Waals surface area contributed by atoms with Crippen molar-refractivity contribution in [1.82, 2.24) is 0 Å². The highest BCUT2D eigenvalue weighted by Crippen LogP contribution is 2.28. The molecule has 0 aliphatic carbocycles. The van der Waals surface area contributed by atoms with Gasteiger partial charge in [-0.25, -0.2) is 0 Å². The van der Waals surface area contributed by atoms with Crippen molar-refractivity contribution >= 4 is 13.8 Å². The van der Waals surface area contributed by atoms with Crippen LogP contribution < -0.4 is 0 Å². The highest BCUT2D eigenvalue weighted by Gasteiger charge is 2.37. The average molecular weight is 228 g/mol. The predicted molar refractivity (Wildman–Crippen MR) is 50.4 cm³/mol. The maximum Gasteiger partial charge on any atom is 0.305 e.